The smallest absolute Gasteiger partial charge is 0.252 e. The van der Waals surface area contributed by atoms with Crippen LogP contribution in [0.3, 0.4) is 0 Å². The Kier molecular flexibility index (Phi) is 4.26. The van der Waals surface area contributed by atoms with Crippen molar-refractivity contribution in [3.63, 3.8) is 0 Å². The van der Waals surface area contributed by atoms with Gasteiger partial charge in [-0.25, -0.2) is 0 Å². The van der Waals surface area contributed by atoms with E-state index in [1.165, 1.54) is 0 Å². The van der Waals surface area contributed by atoms with Crippen LogP contribution in [0.15, 0.2) is 6.07 Å². The minimum atomic E-state index is -0.487. The van der Waals surface area contributed by atoms with Gasteiger partial charge < -0.3 is 15.2 Å². The molecule has 1 aromatic rings. The van der Waals surface area contributed by atoms with E-state index in [0.717, 1.165) is 36.1 Å². The van der Waals surface area contributed by atoms with Gasteiger partial charge in [0.1, 0.15) is 11.4 Å². The highest BCUT2D eigenvalue weighted by molar-refractivity contribution is 9.09. The third kappa shape index (κ3) is 2.38. The first-order valence-corrected chi connectivity index (χ1v) is 12.0. The van der Waals surface area contributed by atoms with Gasteiger partial charge in [0.2, 0.25) is 0 Å². The lowest BCUT2D eigenvalue weighted by Gasteiger charge is -2.67. The quantitative estimate of drug-likeness (QED) is 0.519. The number of hydrogen-bond acceptors (Lipinski definition) is 3. The summed E-state index contributed by atoms with van der Waals surface area (Å²) >= 11 is 10.5. The molecule has 2 fully saturated rings. The van der Waals surface area contributed by atoms with Crippen LogP contribution in [0.1, 0.15) is 68.4 Å². The Bertz CT molecular complexity index is 918. The monoisotopic (exact) mass is 481 g/mol. The van der Waals surface area contributed by atoms with E-state index in [0.29, 0.717) is 35.4 Å². The molecule has 2 unspecified atom stereocenters. The highest BCUT2D eigenvalue weighted by Gasteiger charge is 2.69. The van der Waals surface area contributed by atoms with Gasteiger partial charge in [0.25, 0.3) is 5.91 Å². The fourth-order valence-corrected chi connectivity index (χ4v) is 7.75. The van der Waals surface area contributed by atoms with Gasteiger partial charge in [-0.05, 0) is 36.7 Å². The van der Waals surface area contributed by atoms with Crippen molar-refractivity contribution in [1.29, 1.82) is 0 Å². The van der Waals surface area contributed by atoms with Crippen LogP contribution >= 0.6 is 27.5 Å². The fraction of sp³-hybridized carbons (Fsp3) is 0.696. The Balaban J connectivity index is 1.75. The second kappa shape index (κ2) is 6.14. The van der Waals surface area contributed by atoms with E-state index >= 15 is 0 Å². The number of aliphatic hydroxyl groups is 1. The van der Waals surface area contributed by atoms with Crippen molar-refractivity contribution in [3.8, 4) is 5.75 Å². The highest BCUT2D eigenvalue weighted by Crippen LogP contribution is 2.67. The van der Waals surface area contributed by atoms with Crippen LogP contribution in [-0.4, -0.2) is 27.5 Å². The Labute approximate surface area is 185 Å². The molecule has 2 saturated carbocycles. The summed E-state index contributed by atoms with van der Waals surface area (Å²) in [6.07, 6.45) is 3.15. The normalized spacial score (nSPS) is 42.1. The molecule has 6 atom stereocenters. The van der Waals surface area contributed by atoms with Gasteiger partial charge in [0.15, 0.2) is 0 Å². The number of carbonyl (C=O) groups excluding carboxylic acids is 1. The number of nitrogens with one attached hydrogen (secondary N) is 1. The summed E-state index contributed by atoms with van der Waals surface area (Å²) in [4.78, 5) is 12.3. The third-order valence-electron chi connectivity index (χ3n) is 8.90. The van der Waals surface area contributed by atoms with Gasteiger partial charge in [-0.3, -0.25) is 4.79 Å². The Morgan fingerprint density at radius 2 is 2.00 bits per heavy atom. The average Bonchev–Trinajstić information content (AvgIpc) is 3.01. The van der Waals surface area contributed by atoms with E-state index in [1.54, 1.807) is 0 Å². The first-order valence-electron chi connectivity index (χ1n) is 10.7. The van der Waals surface area contributed by atoms with Crippen molar-refractivity contribution < 1.29 is 14.6 Å². The molecule has 2 aliphatic carbocycles. The summed E-state index contributed by atoms with van der Waals surface area (Å²) in [5, 5.41) is 14.6. The lowest BCUT2D eigenvalue weighted by atomic mass is 9.44. The average molecular weight is 483 g/mol. The van der Waals surface area contributed by atoms with Crippen molar-refractivity contribution in [1.82, 2.24) is 5.32 Å². The number of aliphatic hydroxyl groups excluding tert-OH is 1. The predicted molar refractivity (Wildman–Crippen MR) is 117 cm³/mol. The number of halogens is 2. The second-order valence-electron chi connectivity index (χ2n) is 10.5. The maximum Gasteiger partial charge on any atom is 0.252 e. The molecular formula is C23H29BrClNO3. The molecule has 0 radical (unpaired) electrons. The summed E-state index contributed by atoms with van der Waals surface area (Å²) < 4.78 is 7.07. The molecule has 1 amide bonds. The van der Waals surface area contributed by atoms with Gasteiger partial charge in [0.05, 0.1) is 6.10 Å². The Hall–Kier alpha value is -0.780. The van der Waals surface area contributed by atoms with Gasteiger partial charge in [-0.1, -0.05) is 55.2 Å². The minimum absolute atomic E-state index is 0.0293. The van der Waals surface area contributed by atoms with Crippen LogP contribution in [0.4, 0.5) is 0 Å². The molecule has 1 aromatic carbocycles. The molecule has 2 aliphatic heterocycles. The van der Waals surface area contributed by atoms with Crippen molar-refractivity contribution in [2.45, 2.75) is 76.5 Å². The van der Waals surface area contributed by atoms with Crippen molar-refractivity contribution in [3.05, 3.63) is 27.8 Å². The first-order chi connectivity index (χ1) is 13.5. The predicted octanol–water partition coefficient (Wildman–Crippen LogP) is 4.86. The molecule has 6 heteroatoms. The van der Waals surface area contributed by atoms with Gasteiger partial charge >= 0.3 is 0 Å². The van der Waals surface area contributed by atoms with E-state index in [9.17, 15) is 9.90 Å². The Morgan fingerprint density at radius 1 is 1.28 bits per heavy atom. The number of alkyl halides is 1. The van der Waals surface area contributed by atoms with E-state index in [2.05, 4.69) is 48.9 Å². The van der Waals surface area contributed by atoms with Crippen LogP contribution < -0.4 is 10.1 Å². The van der Waals surface area contributed by atoms with Gasteiger partial charge in [0, 0.05) is 50.8 Å². The largest absolute Gasteiger partial charge is 0.486 e. The van der Waals surface area contributed by atoms with Gasteiger partial charge in [-0.15, -0.1) is 0 Å². The number of amides is 1. The van der Waals surface area contributed by atoms with Crippen LogP contribution in [0, 0.1) is 22.7 Å². The molecule has 4 nitrogen and oxygen atoms in total. The van der Waals surface area contributed by atoms with E-state index in [1.807, 2.05) is 6.07 Å². The molecule has 0 aromatic heterocycles. The van der Waals surface area contributed by atoms with E-state index in [-0.39, 0.29) is 21.6 Å². The molecule has 2 heterocycles. The standard InChI is InChI=1S/C23H29BrClNO3/c1-11-5-6-17-21(2,3)19(24)16(27)9-23(17)22(11,4)8-13-15(25)7-12-14(18(13)29-23)10-26-20(12)28/h7,11,16-17,19,27H,5-6,8-10H2,1-4H3,(H,26,28)/t11-,16?,17-,19?,22+,23-/m0/s1. The second-order valence-corrected chi connectivity index (χ2v) is 11.9. The summed E-state index contributed by atoms with van der Waals surface area (Å²) in [7, 11) is 0. The minimum Gasteiger partial charge on any atom is -0.486 e. The molecular weight excluding hydrogens is 454 g/mol. The molecule has 2 N–H and O–H groups in total. The van der Waals surface area contributed by atoms with Crippen molar-refractivity contribution in [2.24, 2.45) is 22.7 Å². The zero-order valence-electron chi connectivity index (χ0n) is 17.4. The van der Waals surface area contributed by atoms with Crippen molar-refractivity contribution in [2.75, 3.05) is 0 Å². The first kappa shape index (κ1) is 20.1. The van der Waals surface area contributed by atoms with Gasteiger partial charge in [-0.2, -0.15) is 0 Å². The number of fused-ring (bicyclic) bond motifs is 3. The number of hydrogen-bond donors (Lipinski definition) is 2. The number of rotatable bonds is 0. The van der Waals surface area contributed by atoms with Crippen LogP contribution in [0.25, 0.3) is 0 Å². The topological polar surface area (TPSA) is 58.6 Å². The number of benzene rings is 1. The van der Waals surface area contributed by atoms with E-state index in [4.69, 9.17) is 16.3 Å². The summed E-state index contributed by atoms with van der Waals surface area (Å²) in [6.45, 7) is 9.64. The summed E-state index contributed by atoms with van der Waals surface area (Å²) in [5.41, 5.74) is 1.85. The number of ether oxygens (including phenoxy) is 1. The third-order valence-corrected chi connectivity index (χ3v) is 11.0. The lowest BCUT2D eigenvalue weighted by Crippen LogP contribution is -2.72. The SMILES string of the molecule is C[C@H]1CC[C@H]2C(C)(C)C(Br)C(O)C[C@]23Oc2c(c(Cl)cc4c2CNC4=O)C[C@]13C. The molecule has 0 bridgehead atoms. The lowest BCUT2D eigenvalue weighted by molar-refractivity contribution is -0.226. The molecule has 5 rings (SSSR count). The molecule has 158 valence electrons. The molecule has 0 saturated heterocycles. The highest BCUT2D eigenvalue weighted by atomic mass is 79.9. The number of carbonyl (C=O) groups is 1. The van der Waals surface area contributed by atoms with Crippen LogP contribution in [0.2, 0.25) is 5.02 Å². The van der Waals surface area contributed by atoms with E-state index < -0.39 is 11.7 Å². The fourth-order valence-electron chi connectivity index (χ4n) is 6.98. The molecule has 1 spiro atoms. The van der Waals surface area contributed by atoms with Crippen LogP contribution in [0.5, 0.6) is 5.75 Å². The summed E-state index contributed by atoms with van der Waals surface area (Å²) in [5.74, 6) is 1.46. The maximum atomic E-state index is 12.3. The Morgan fingerprint density at radius 3 is 2.72 bits per heavy atom. The summed E-state index contributed by atoms with van der Waals surface area (Å²) in [6, 6.07) is 1.81. The van der Waals surface area contributed by atoms with Crippen LogP contribution in [-0.2, 0) is 13.0 Å². The zero-order valence-corrected chi connectivity index (χ0v) is 19.8. The zero-order chi connectivity index (χ0) is 20.9. The molecule has 4 aliphatic rings. The van der Waals surface area contributed by atoms with Crippen molar-refractivity contribution >= 4 is 33.4 Å². The maximum absolute atomic E-state index is 12.3. The molecule has 29 heavy (non-hydrogen) atoms.